The summed E-state index contributed by atoms with van der Waals surface area (Å²) in [5, 5.41) is 12.6. The summed E-state index contributed by atoms with van der Waals surface area (Å²) in [4.78, 5) is 24.7. The van der Waals surface area contributed by atoms with Gasteiger partial charge in [0.15, 0.2) is 0 Å². The molecule has 0 fully saturated rings. The molecule has 0 spiro atoms. The number of carbonyl (C=O) groups excluding carboxylic acids is 1. The maximum Gasteiger partial charge on any atom is 0.416 e. The van der Waals surface area contributed by atoms with Gasteiger partial charge in [-0.1, -0.05) is 51.1 Å². The smallest absolute Gasteiger partial charge is 0.416 e. The number of hydrogen-bond donors (Lipinski definition) is 2. The first-order valence-corrected chi connectivity index (χ1v) is 10.7. The van der Waals surface area contributed by atoms with Crippen molar-refractivity contribution >= 4 is 28.5 Å². The maximum absolute atomic E-state index is 12.9. The van der Waals surface area contributed by atoms with Gasteiger partial charge in [0.25, 0.3) is 5.91 Å². The number of benzene rings is 3. The number of carboxylic acid groups (broad SMARTS) is 1. The van der Waals surface area contributed by atoms with Crippen molar-refractivity contribution in [2.75, 3.05) is 5.32 Å². The summed E-state index contributed by atoms with van der Waals surface area (Å²) < 4.78 is 44.1. The summed E-state index contributed by atoms with van der Waals surface area (Å²) in [6, 6.07) is 16.3. The van der Waals surface area contributed by atoms with Crippen molar-refractivity contribution in [1.82, 2.24) is 0 Å². The highest BCUT2D eigenvalue weighted by Crippen LogP contribution is 2.36. The fourth-order valence-corrected chi connectivity index (χ4v) is 3.71. The Morgan fingerprint density at radius 1 is 0.829 bits per heavy atom. The molecule has 0 saturated heterocycles. The SMILES string of the molecule is CC(C)(C)c1ccc(C(=O)Nc2c(C(=O)O)oc3ccc(-c4ccc(C(F)(F)F)cc4)cc23)cc1. The molecule has 0 aliphatic carbocycles. The number of carboxylic acids is 1. The number of alkyl halides is 3. The number of carbonyl (C=O) groups is 2. The summed E-state index contributed by atoms with van der Waals surface area (Å²) in [6.07, 6.45) is -4.45. The topological polar surface area (TPSA) is 79.5 Å². The van der Waals surface area contributed by atoms with Gasteiger partial charge in [0.05, 0.1) is 5.56 Å². The molecule has 0 aliphatic rings. The highest BCUT2D eigenvalue weighted by molar-refractivity contribution is 6.13. The lowest BCUT2D eigenvalue weighted by molar-refractivity contribution is -0.137. The third-order valence-electron chi connectivity index (χ3n) is 5.68. The van der Waals surface area contributed by atoms with Crippen LogP contribution in [0.1, 0.15) is 52.8 Å². The van der Waals surface area contributed by atoms with E-state index >= 15 is 0 Å². The van der Waals surface area contributed by atoms with Gasteiger partial charge in [-0.05, 0) is 58.5 Å². The minimum Gasteiger partial charge on any atom is -0.475 e. The number of nitrogens with one attached hydrogen (secondary N) is 1. The zero-order chi connectivity index (χ0) is 25.5. The largest absolute Gasteiger partial charge is 0.475 e. The van der Waals surface area contributed by atoms with Crippen molar-refractivity contribution in [1.29, 1.82) is 0 Å². The van der Waals surface area contributed by atoms with E-state index in [0.29, 0.717) is 22.1 Å². The quantitative estimate of drug-likeness (QED) is 0.319. The Kier molecular flexibility index (Phi) is 5.92. The molecule has 0 aliphatic heterocycles. The molecule has 8 heteroatoms. The first-order valence-electron chi connectivity index (χ1n) is 10.7. The molecule has 180 valence electrons. The van der Waals surface area contributed by atoms with Gasteiger partial charge in [-0.25, -0.2) is 4.79 Å². The van der Waals surface area contributed by atoms with Gasteiger partial charge in [-0.2, -0.15) is 13.2 Å². The molecule has 5 nitrogen and oxygen atoms in total. The summed E-state index contributed by atoms with van der Waals surface area (Å²) in [5.41, 5.74) is 1.73. The predicted octanol–water partition coefficient (Wildman–Crippen LogP) is 7.37. The molecule has 4 aromatic rings. The molecule has 0 radical (unpaired) electrons. The Hall–Kier alpha value is -4.07. The third-order valence-corrected chi connectivity index (χ3v) is 5.68. The van der Waals surface area contributed by atoms with Crippen LogP contribution >= 0.6 is 0 Å². The van der Waals surface area contributed by atoms with Crippen LogP contribution in [-0.4, -0.2) is 17.0 Å². The third kappa shape index (κ3) is 4.91. The minimum atomic E-state index is -4.45. The van der Waals surface area contributed by atoms with Crippen LogP contribution < -0.4 is 5.32 Å². The normalized spacial score (nSPS) is 12.1. The highest BCUT2D eigenvalue weighted by Gasteiger charge is 2.30. The van der Waals surface area contributed by atoms with E-state index in [0.717, 1.165) is 17.7 Å². The summed E-state index contributed by atoms with van der Waals surface area (Å²) >= 11 is 0. The van der Waals surface area contributed by atoms with Gasteiger partial charge in [0, 0.05) is 10.9 Å². The van der Waals surface area contributed by atoms with Crippen molar-refractivity contribution in [3.8, 4) is 11.1 Å². The van der Waals surface area contributed by atoms with E-state index in [-0.39, 0.29) is 16.7 Å². The first-order chi connectivity index (χ1) is 16.3. The van der Waals surface area contributed by atoms with Crippen LogP contribution in [0.2, 0.25) is 0 Å². The average molecular weight is 481 g/mol. The molecule has 1 aromatic heterocycles. The molecule has 3 aromatic carbocycles. The Balaban J connectivity index is 1.71. The van der Waals surface area contributed by atoms with Crippen LogP contribution in [-0.2, 0) is 11.6 Å². The maximum atomic E-state index is 12.9. The molecule has 0 saturated carbocycles. The molecular weight excluding hydrogens is 459 g/mol. The van der Waals surface area contributed by atoms with E-state index < -0.39 is 29.4 Å². The Bertz CT molecular complexity index is 1410. The number of aromatic carboxylic acids is 1. The Morgan fingerprint density at radius 3 is 1.94 bits per heavy atom. The summed E-state index contributed by atoms with van der Waals surface area (Å²) in [6.45, 7) is 6.15. The Morgan fingerprint density at radius 2 is 1.40 bits per heavy atom. The van der Waals surface area contributed by atoms with Gasteiger partial charge in [-0.3, -0.25) is 4.79 Å². The average Bonchev–Trinajstić information content (AvgIpc) is 3.16. The van der Waals surface area contributed by atoms with E-state index in [1.807, 2.05) is 32.9 Å². The zero-order valence-electron chi connectivity index (χ0n) is 19.2. The molecule has 35 heavy (non-hydrogen) atoms. The van der Waals surface area contributed by atoms with E-state index in [1.54, 1.807) is 24.3 Å². The molecule has 2 N–H and O–H groups in total. The summed E-state index contributed by atoms with van der Waals surface area (Å²) in [5.74, 6) is -2.32. The zero-order valence-corrected chi connectivity index (χ0v) is 19.2. The van der Waals surface area contributed by atoms with Gasteiger partial charge >= 0.3 is 12.1 Å². The number of rotatable bonds is 4. The number of halogens is 3. The van der Waals surface area contributed by atoms with Crippen molar-refractivity contribution in [2.45, 2.75) is 32.4 Å². The fourth-order valence-electron chi connectivity index (χ4n) is 3.71. The second kappa shape index (κ2) is 8.61. The van der Waals surface area contributed by atoms with Gasteiger partial charge in [0.2, 0.25) is 5.76 Å². The molecular formula is C27H22F3NO4. The van der Waals surface area contributed by atoms with E-state index in [2.05, 4.69) is 5.32 Å². The van der Waals surface area contributed by atoms with E-state index in [1.165, 1.54) is 18.2 Å². The first kappa shape index (κ1) is 24.1. The monoisotopic (exact) mass is 481 g/mol. The van der Waals surface area contributed by atoms with Crippen LogP contribution in [0.3, 0.4) is 0 Å². The predicted molar refractivity (Wildman–Crippen MR) is 127 cm³/mol. The van der Waals surface area contributed by atoms with Gasteiger partial charge < -0.3 is 14.8 Å². The molecule has 1 amide bonds. The standard InChI is InChI=1S/C27H22F3NO4/c1-26(2,3)18-9-6-16(7-10-18)24(32)31-22-20-14-17(8-13-21(20)35-23(22)25(33)34)15-4-11-19(12-5-15)27(28,29)30/h4-14H,1-3H3,(H,31,32)(H,33,34). The van der Waals surface area contributed by atoms with E-state index in [9.17, 15) is 27.9 Å². The van der Waals surface area contributed by atoms with Crippen LogP contribution in [0.25, 0.3) is 22.1 Å². The molecule has 0 bridgehead atoms. The van der Waals surface area contributed by atoms with Gasteiger partial charge in [0.1, 0.15) is 11.3 Å². The minimum absolute atomic E-state index is 0.0221. The Labute approximate surface area is 199 Å². The number of furan rings is 1. The second-order valence-corrected chi connectivity index (χ2v) is 9.18. The molecule has 1 heterocycles. The second-order valence-electron chi connectivity index (χ2n) is 9.18. The highest BCUT2D eigenvalue weighted by atomic mass is 19.4. The van der Waals surface area contributed by atoms with Gasteiger partial charge in [-0.15, -0.1) is 0 Å². The van der Waals surface area contributed by atoms with Crippen molar-refractivity contribution in [3.05, 3.63) is 89.2 Å². The van der Waals surface area contributed by atoms with Crippen molar-refractivity contribution < 1.29 is 32.3 Å². The molecule has 0 atom stereocenters. The number of fused-ring (bicyclic) bond motifs is 1. The molecule has 0 unspecified atom stereocenters. The van der Waals surface area contributed by atoms with Crippen LogP contribution in [0.5, 0.6) is 0 Å². The van der Waals surface area contributed by atoms with E-state index in [4.69, 9.17) is 4.42 Å². The number of hydrogen-bond acceptors (Lipinski definition) is 3. The summed E-state index contributed by atoms with van der Waals surface area (Å²) in [7, 11) is 0. The molecule has 4 rings (SSSR count). The van der Waals surface area contributed by atoms with Crippen LogP contribution in [0, 0.1) is 0 Å². The van der Waals surface area contributed by atoms with Crippen molar-refractivity contribution in [2.24, 2.45) is 0 Å². The lowest BCUT2D eigenvalue weighted by Gasteiger charge is -2.19. The fraction of sp³-hybridized carbons (Fsp3) is 0.185. The lowest BCUT2D eigenvalue weighted by Crippen LogP contribution is -2.15. The van der Waals surface area contributed by atoms with Crippen molar-refractivity contribution in [3.63, 3.8) is 0 Å². The van der Waals surface area contributed by atoms with Crippen LogP contribution in [0.15, 0.2) is 71.1 Å². The van der Waals surface area contributed by atoms with Crippen LogP contribution in [0.4, 0.5) is 18.9 Å². The number of amides is 1. The number of anilines is 1. The lowest BCUT2D eigenvalue weighted by atomic mass is 9.87.